The molecule has 0 aromatic rings. The molecule has 0 spiro atoms. The first-order valence-electron chi connectivity index (χ1n) is 64.9. The summed E-state index contributed by atoms with van der Waals surface area (Å²) in [4.78, 5) is 74.1. The second-order valence-corrected chi connectivity index (χ2v) is 48.5. The largest absolute Gasteiger partial charge is 0.459 e. The Labute approximate surface area is 920 Å². The third-order valence-electron chi connectivity index (χ3n) is 32.5. The van der Waals surface area contributed by atoms with Crippen LogP contribution in [0, 0.1) is 47.3 Å². The Kier molecular flexibility index (Phi) is 92.2. The van der Waals surface area contributed by atoms with Crippen molar-refractivity contribution in [3.8, 4) is 0 Å². The highest BCUT2D eigenvalue weighted by Crippen LogP contribution is 2.38. The summed E-state index contributed by atoms with van der Waals surface area (Å²) in [5.41, 5.74) is 1.18. The summed E-state index contributed by atoms with van der Waals surface area (Å²) in [5.74, 6) is -2.17. The van der Waals surface area contributed by atoms with Crippen LogP contribution in [-0.2, 0) is 61.9 Å². The quantitative estimate of drug-likeness (QED) is 0.0223. The maximum absolute atomic E-state index is 15.1. The van der Waals surface area contributed by atoms with Crippen LogP contribution < -0.4 is 0 Å². The highest BCUT2D eigenvalue weighted by atomic mass is 16.8. The van der Waals surface area contributed by atoms with Gasteiger partial charge in [-0.15, -0.1) is 0 Å². The van der Waals surface area contributed by atoms with E-state index in [9.17, 15) is 29.7 Å². The fourth-order valence-corrected chi connectivity index (χ4v) is 23.3. The van der Waals surface area contributed by atoms with Gasteiger partial charge >= 0.3 is 29.8 Å². The number of hydrogen-bond acceptors (Lipinski definition) is 16. The molecule has 16 nitrogen and oxygen atoms in total. The molecule has 2 aliphatic rings. The maximum Gasteiger partial charge on any atom is 0.333 e. The molecule has 0 bridgehead atoms. The minimum Gasteiger partial charge on any atom is -0.459 e. The van der Waals surface area contributed by atoms with Crippen molar-refractivity contribution in [2.45, 2.75) is 712 Å². The molecule has 0 radical (unpaired) electrons. The van der Waals surface area contributed by atoms with Gasteiger partial charge in [0, 0.05) is 28.7 Å². The normalized spacial score (nSPS) is 20.1. The first-order chi connectivity index (χ1) is 72.2. The summed E-state index contributed by atoms with van der Waals surface area (Å²) >= 11 is 0. The lowest BCUT2D eigenvalue weighted by Gasteiger charge is -2.47. The second-order valence-electron chi connectivity index (χ2n) is 48.5. The molecule has 2 aliphatic heterocycles. The monoisotopic (exact) mass is 2100 g/mol. The number of allylic oxidation sites excluding steroid dienone is 4. The van der Waals surface area contributed by atoms with Gasteiger partial charge in [0.1, 0.15) is 31.0 Å². The molecule has 0 aromatic heterocycles. The molecular weight excluding hydrogens is 1850 g/mol. The summed E-state index contributed by atoms with van der Waals surface area (Å²) in [6.07, 6.45) is 92.3. The van der Waals surface area contributed by atoms with Gasteiger partial charge in [-0.25, -0.2) is 19.2 Å². The van der Waals surface area contributed by atoms with Crippen molar-refractivity contribution < 1.29 is 77.2 Å². The van der Waals surface area contributed by atoms with Gasteiger partial charge in [0.2, 0.25) is 12.6 Å². The van der Waals surface area contributed by atoms with E-state index in [0.717, 1.165) is 103 Å². The van der Waals surface area contributed by atoms with Crippen molar-refractivity contribution in [2.24, 2.45) is 47.3 Å². The minimum absolute atomic E-state index is 0.00137. The molecule has 16 heteroatoms. The average molecular weight is 2100 g/mol. The van der Waals surface area contributed by atoms with E-state index in [-0.39, 0.29) is 41.2 Å². The second kappa shape index (κ2) is 97.3. The third kappa shape index (κ3) is 76.4. The average Bonchev–Trinajstić information content (AvgIpc) is 0.768. The van der Waals surface area contributed by atoms with Gasteiger partial charge in [-0.3, -0.25) is 4.79 Å². The van der Waals surface area contributed by atoms with Gasteiger partial charge in [0.15, 0.2) is 24.4 Å². The molecular formula is C133H246O16. The van der Waals surface area contributed by atoms with Crippen LogP contribution in [0.2, 0.25) is 0 Å². The summed E-state index contributed by atoms with van der Waals surface area (Å²) in [6.45, 7) is 34.2. The maximum atomic E-state index is 15.1. The molecule has 0 aromatic carbocycles. The Morgan fingerprint density at radius 3 is 0.705 bits per heavy atom. The van der Waals surface area contributed by atoms with Crippen molar-refractivity contribution in [1.82, 2.24) is 0 Å². The van der Waals surface area contributed by atoms with Gasteiger partial charge in [0.25, 0.3) is 0 Å². The fraction of sp³-hybridized carbons (Fsp3) is 0.902. The number of aliphatic hydroxyl groups excluding tert-OH is 3. The molecule has 2 heterocycles. The number of ether oxygens (including phenoxy) is 8. The summed E-state index contributed by atoms with van der Waals surface area (Å²) in [5, 5.41) is 37.6. The molecule has 149 heavy (non-hydrogen) atoms. The molecule has 0 aliphatic carbocycles. The van der Waals surface area contributed by atoms with Crippen LogP contribution in [0.15, 0.2) is 46.6 Å². The minimum atomic E-state index is -1.92. The standard InChI is InChI=1S/C133H246O16/c1-18-23-28-33-38-43-48-53-57-59-61-66-70-74-77-82-87-92-107(6)97-111(10)101-115(14)128(138)142-106-120-122(136)125(147-130(140)117(16)103-113(12)99-109(8)94-89-84-79-73-68-64-56-51-46-41-36-31-26-21-4)127(145-121(135)96-91-86-81-76-71-62-52-47-42-37-32-27-22-5)133(144-120)149-132-126(148-131(141)118(17)104-114(13)100-110(9)95-90-85-80-75-69-65-60-58-54-49-44-39-34-29-24-19-2)123(137)124(119(105-134)143-132)146-129(139)116(15)102-112(11)98-108(7)93-88-83-78-72-67-63-55-50-45-40-35-30-25-20-3/h101-104,107-114,119-120,122-127,132-134,136-137H,18-100,105-106H2,1-17H3/b115-101+,116-102+,117-103+,118-104+/t107-,108-,109-,110-,111-,112-,113-,114-,119?,120?,122+,123?,124+,125?,126-,127+,132+,133+/m0/s1. The molecule has 3 N–H and O–H groups in total. The molecule has 4 unspecified atom stereocenters. The lowest BCUT2D eigenvalue weighted by molar-refractivity contribution is -0.377. The Morgan fingerprint density at radius 2 is 0.456 bits per heavy atom. The zero-order valence-corrected chi connectivity index (χ0v) is 101. The SMILES string of the molecule is CCCCCCCCCCCCCCCCCCC[C@H](C)C[C@H](C)/C=C(\C)C(=O)OCC1O[C@H](O[C@H]2OC(CO)[C@@H](OC(=O)/C(C)=C/[C@@H](C)C[C@@H](C)CCCCCCCCCCCCCCCC)C(O)[C@@H]2OC(=O)/C(C)=C/[C@@H](C)C[C@@H](C)CCCCCCCCCCCCCCCCCC)[C@H](OC(=O)CCCCCCCCCCCCCCC)C(OC(=O)/C(C)=C/[C@@H](C)C[C@@H](C)CCCCCCCCCCCCCCCC)[C@@H]1O. The van der Waals surface area contributed by atoms with Gasteiger partial charge in [-0.2, -0.15) is 0 Å². The molecule has 0 saturated carbocycles. The van der Waals surface area contributed by atoms with Crippen LogP contribution in [0.1, 0.15) is 651 Å². The van der Waals surface area contributed by atoms with Crippen molar-refractivity contribution in [3.63, 3.8) is 0 Å². The summed E-state index contributed by atoms with van der Waals surface area (Å²) < 4.78 is 52.3. The highest BCUT2D eigenvalue weighted by molar-refractivity contribution is 5.89. The molecule has 874 valence electrons. The Hall–Kier alpha value is -3.93. The number of carbonyl (C=O) groups excluding carboxylic acids is 5. The van der Waals surface area contributed by atoms with Crippen LogP contribution in [0.3, 0.4) is 0 Å². The van der Waals surface area contributed by atoms with Gasteiger partial charge in [0.05, 0.1) is 6.61 Å². The van der Waals surface area contributed by atoms with E-state index < -0.39 is 104 Å². The number of unbranched alkanes of at least 4 members (excludes halogenated alkanes) is 69. The van der Waals surface area contributed by atoms with E-state index in [4.69, 9.17) is 37.9 Å². The number of esters is 5. The number of carbonyl (C=O) groups is 5. The van der Waals surface area contributed by atoms with Crippen molar-refractivity contribution in [3.05, 3.63) is 46.6 Å². The molecule has 2 rings (SSSR count). The number of rotatable bonds is 104. The first-order valence-corrected chi connectivity index (χ1v) is 64.9. The van der Waals surface area contributed by atoms with Gasteiger partial charge in [-0.05, 0) is 107 Å². The van der Waals surface area contributed by atoms with E-state index in [1.807, 2.05) is 24.3 Å². The zero-order valence-electron chi connectivity index (χ0n) is 101. The molecule has 2 saturated heterocycles. The predicted octanol–water partition coefficient (Wildman–Crippen LogP) is 38.7. The summed E-state index contributed by atoms with van der Waals surface area (Å²) in [7, 11) is 0. The molecule has 2 fully saturated rings. The van der Waals surface area contributed by atoms with Crippen molar-refractivity contribution in [1.29, 1.82) is 0 Å². The number of hydrogen-bond donors (Lipinski definition) is 3. The Balaban J connectivity index is 2.69. The van der Waals surface area contributed by atoms with Gasteiger partial charge < -0.3 is 53.2 Å². The van der Waals surface area contributed by atoms with Crippen LogP contribution >= 0.6 is 0 Å². The van der Waals surface area contributed by atoms with E-state index in [1.54, 1.807) is 27.7 Å². The van der Waals surface area contributed by atoms with E-state index in [1.165, 1.54) is 417 Å². The Morgan fingerprint density at radius 1 is 0.248 bits per heavy atom. The third-order valence-corrected chi connectivity index (χ3v) is 32.5. The smallest absolute Gasteiger partial charge is 0.333 e. The summed E-state index contributed by atoms with van der Waals surface area (Å²) in [6, 6.07) is 0. The first kappa shape index (κ1) is 141. The van der Waals surface area contributed by atoms with Crippen LogP contribution in [0.5, 0.6) is 0 Å². The van der Waals surface area contributed by atoms with Crippen molar-refractivity contribution in [2.75, 3.05) is 13.2 Å². The predicted molar refractivity (Wildman–Crippen MR) is 628 cm³/mol. The lowest BCUT2D eigenvalue weighted by Crippen LogP contribution is -2.66. The highest BCUT2D eigenvalue weighted by Gasteiger charge is 2.56. The number of aliphatic hydroxyl groups is 3. The van der Waals surface area contributed by atoms with Crippen LogP contribution in [0.25, 0.3) is 0 Å². The van der Waals surface area contributed by atoms with E-state index >= 15 is 9.59 Å². The fourth-order valence-electron chi connectivity index (χ4n) is 23.3. The lowest BCUT2D eigenvalue weighted by atomic mass is 9.91. The Bertz CT molecular complexity index is 3250. The molecule has 0 amide bonds. The topological polar surface area (TPSA) is 220 Å². The molecule has 18 atom stereocenters. The van der Waals surface area contributed by atoms with E-state index in [2.05, 4.69) is 90.0 Å². The van der Waals surface area contributed by atoms with Crippen LogP contribution in [-0.4, -0.2) is 120 Å². The van der Waals surface area contributed by atoms with E-state index in [0.29, 0.717) is 41.2 Å². The van der Waals surface area contributed by atoms with Crippen LogP contribution in [0.4, 0.5) is 0 Å². The van der Waals surface area contributed by atoms with Gasteiger partial charge in [-0.1, -0.05) is 609 Å². The zero-order chi connectivity index (χ0) is 109. The van der Waals surface area contributed by atoms with Crippen molar-refractivity contribution >= 4 is 29.8 Å².